The molecule has 0 aliphatic carbocycles. The predicted octanol–water partition coefficient (Wildman–Crippen LogP) is 1.13. The number of carbonyl (C=O) groups is 1. The quantitative estimate of drug-likeness (QED) is 0.819. The van der Waals surface area contributed by atoms with Crippen molar-refractivity contribution in [2.75, 3.05) is 0 Å². The number of carboxylic acid groups (broad SMARTS) is 1. The Hall–Kier alpha value is -1.89. The molecule has 1 N–H and O–H groups in total. The Morgan fingerprint density at radius 2 is 2.12 bits per heavy atom. The Morgan fingerprint density at radius 3 is 2.65 bits per heavy atom. The Morgan fingerprint density at radius 1 is 1.41 bits per heavy atom. The fourth-order valence-electron chi connectivity index (χ4n) is 1.32. The van der Waals surface area contributed by atoms with E-state index in [1.165, 1.54) is 4.68 Å². The summed E-state index contributed by atoms with van der Waals surface area (Å²) in [5.41, 5.74) is 0.716. The molecule has 0 amide bonds. The third-order valence-electron chi connectivity index (χ3n) is 2.13. The van der Waals surface area contributed by atoms with Gasteiger partial charge >= 0.3 is 5.97 Å². The van der Waals surface area contributed by atoms with Crippen LogP contribution in [0.2, 0.25) is 0 Å². The van der Waals surface area contributed by atoms with Crippen LogP contribution in [0.5, 0.6) is 0 Å². The van der Waals surface area contributed by atoms with Crippen molar-refractivity contribution in [3.8, 4) is 0 Å². The number of carboxylic acids is 1. The van der Waals surface area contributed by atoms with Crippen molar-refractivity contribution in [2.24, 2.45) is 7.05 Å². The summed E-state index contributed by atoms with van der Waals surface area (Å²) >= 11 is 1.11. The van der Waals surface area contributed by atoms with Gasteiger partial charge in [-0.25, -0.2) is 4.68 Å². The van der Waals surface area contributed by atoms with Gasteiger partial charge in [0.1, 0.15) is 5.25 Å². The van der Waals surface area contributed by atoms with Gasteiger partial charge in [-0.1, -0.05) is 42.1 Å². The zero-order valence-electron chi connectivity index (χ0n) is 9.02. The molecule has 6 nitrogen and oxygen atoms in total. The summed E-state index contributed by atoms with van der Waals surface area (Å²) in [6.07, 6.45) is 0. The van der Waals surface area contributed by atoms with Crippen molar-refractivity contribution in [3.63, 3.8) is 0 Å². The molecule has 2 rings (SSSR count). The molecule has 1 unspecified atom stereocenters. The Labute approximate surface area is 102 Å². The number of aromatic nitrogens is 4. The van der Waals surface area contributed by atoms with Gasteiger partial charge in [0.15, 0.2) is 0 Å². The van der Waals surface area contributed by atoms with Crippen molar-refractivity contribution in [1.82, 2.24) is 20.2 Å². The van der Waals surface area contributed by atoms with E-state index in [2.05, 4.69) is 15.5 Å². The molecule has 0 radical (unpaired) electrons. The summed E-state index contributed by atoms with van der Waals surface area (Å²) in [6, 6.07) is 9.00. The SMILES string of the molecule is Cn1nnnc1SC(C(=O)O)c1ccccc1. The molecular weight excluding hydrogens is 240 g/mol. The number of aliphatic carboxylic acids is 1. The number of thioether (sulfide) groups is 1. The average molecular weight is 250 g/mol. The van der Waals surface area contributed by atoms with E-state index in [0.717, 1.165) is 11.8 Å². The van der Waals surface area contributed by atoms with Crippen LogP contribution in [0.3, 0.4) is 0 Å². The molecule has 17 heavy (non-hydrogen) atoms. The molecule has 2 aromatic rings. The van der Waals surface area contributed by atoms with Crippen molar-refractivity contribution < 1.29 is 9.90 Å². The lowest BCUT2D eigenvalue weighted by molar-refractivity contribution is -0.136. The first-order valence-electron chi connectivity index (χ1n) is 4.85. The van der Waals surface area contributed by atoms with Crippen LogP contribution >= 0.6 is 11.8 Å². The van der Waals surface area contributed by atoms with Gasteiger partial charge in [-0.2, -0.15) is 0 Å². The van der Waals surface area contributed by atoms with Gasteiger partial charge in [0.25, 0.3) is 0 Å². The average Bonchev–Trinajstić information content (AvgIpc) is 2.72. The van der Waals surface area contributed by atoms with E-state index in [1.54, 1.807) is 31.3 Å². The molecule has 1 atom stereocenters. The maximum absolute atomic E-state index is 11.2. The summed E-state index contributed by atoms with van der Waals surface area (Å²) in [5, 5.41) is 19.9. The molecule has 1 heterocycles. The minimum atomic E-state index is -0.913. The Kier molecular flexibility index (Phi) is 3.38. The van der Waals surface area contributed by atoms with Gasteiger partial charge in [-0.05, 0) is 16.0 Å². The number of rotatable bonds is 4. The molecule has 0 saturated heterocycles. The van der Waals surface area contributed by atoms with Crippen molar-refractivity contribution in [2.45, 2.75) is 10.4 Å². The summed E-state index contributed by atoms with van der Waals surface area (Å²) in [7, 11) is 1.67. The van der Waals surface area contributed by atoms with Crippen LogP contribution in [0, 0.1) is 0 Å². The smallest absolute Gasteiger partial charge is 0.321 e. The highest BCUT2D eigenvalue weighted by atomic mass is 32.2. The van der Waals surface area contributed by atoms with Crippen LogP contribution < -0.4 is 0 Å². The van der Waals surface area contributed by atoms with E-state index in [0.29, 0.717) is 10.7 Å². The highest BCUT2D eigenvalue weighted by Gasteiger charge is 2.23. The lowest BCUT2D eigenvalue weighted by Gasteiger charge is -2.10. The molecule has 1 aromatic heterocycles. The van der Waals surface area contributed by atoms with Gasteiger partial charge < -0.3 is 5.11 Å². The molecule has 0 fully saturated rings. The first-order valence-corrected chi connectivity index (χ1v) is 5.73. The monoisotopic (exact) mass is 250 g/mol. The zero-order chi connectivity index (χ0) is 12.3. The fourth-order valence-corrected chi connectivity index (χ4v) is 2.19. The van der Waals surface area contributed by atoms with Gasteiger partial charge in [0, 0.05) is 7.05 Å². The Balaban J connectivity index is 2.26. The van der Waals surface area contributed by atoms with E-state index in [4.69, 9.17) is 0 Å². The highest BCUT2D eigenvalue weighted by Crippen LogP contribution is 2.33. The summed E-state index contributed by atoms with van der Waals surface area (Å²) < 4.78 is 1.45. The van der Waals surface area contributed by atoms with E-state index in [9.17, 15) is 9.90 Å². The number of nitrogens with zero attached hydrogens (tertiary/aromatic N) is 4. The second kappa shape index (κ2) is 4.96. The molecule has 0 aliphatic heterocycles. The molecule has 1 aromatic carbocycles. The minimum absolute atomic E-state index is 0.473. The second-order valence-electron chi connectivity index (χ2n) is 3.33. The Bertz CT molecular complexity index is 514. The van der Waals surface area contributed by atoms with Crippen molar-refractivity contribution in [3.05, 3.63) is 35.9 Å². The maximum Gasteiger partial charge on any atom is 0.321 e. The molecule has 0 spiro atoms. The molecule has 0 saturated carbocycles. The minimum Gasteiger partial charge on any atom is -0.480 e. The summed E-state index contributed by atoms with van der Waals surface area (Å²) in [4.78, 5) is 11.2. The van der Waals surface area contributed by atoms with Gasteiger partial charge in [-0.15, -0.1) is 5.10 Å². The number of tetrazole rings is 1. The number of benzene rings is 1. The molecular formula is C10H10N4O2S. The van der Waals surface area contributed by atoms with Gasteiger partial charge in [0.2, 0.25) is 5.16 Å². The van der Waals surface area contributed by atoms with E-state index >= 15 is 0 Å². The molecule has 0 aliphatic rings. The zero-order valence-corrected chi connectivity index (χ0v) is 9.83. The normalized spacial score (nSPS) is 12.3. The van der Waals surface area contributed by atoms with Crippen LogP contribution in [0.4, 0.5) is 0 Å². The number of aryl methyl sites for hydroxylation is 1. The van der Waals surface area contributed by atoms with E-state index in [-0.39, 0.29) is 0 Å². The van der Waals surface area contributed by atoms with E-state index < -0.39 is 11.2 Å². The first-order chi connectivity index (χ1) is 8.18. The standard InChI is InChI=1S/C10H10N4O2S/c1-14-10(11-12-13-14)17-8(9(15)16)7-5-3-2-4-6-7/h2-6,8H,1H3,(H,15,16). The van der Waals surface area contributed by atoms with Crippen LogP contribution in [-0.2, 0) is 11.8 Å². The third kappa shape index (κ3) is 2.62. The summed E-state index contributed by atoms with van der Waals surface area (Å²) in [6.45, 7) is 0. The molecule has 7 heteroatoms. The first kappa shape index (κ1) is 11.6. The number of hydrogen-bond acceptors (Lipinski definition) is 5. The molecule has 88 valence electrons. The van der Waals surface area contributed by atoms with Crippen molar-refractivity contribution in [1.29, 1.82) is 0 Å². The number of hydrogen-bond donors (Lipinski definition) is 1. The fraction of sp³-hybridized carbons (Fsp3) is 0.200. The van der Waals surface area contributed by atoms with Crippen LogP contribution in [0.1, 0.15) is 10.8 Å². The van der Waals surface area contributed by atoms with Crippen molar-refractivity contribution >= 4 is 17.7 Å². The molecule has 0 bridgehead atoms. The van der Waals surface area contributed by atoms with Crippen LogP contribution in [-0.4, -0.2) is 31.3 Å². The van der Waals surface area contributed by atoms with E-state index in [1.807, 2.05) is 6.07 Å². The lowest BCUT2D eigenvalue weighted by atomic mass is 10.1. The lowest BCUT2D eigenvalue weighted by Crippen LogP contribution is -2.09. The van der Waals surface area contributed by atoms with Gasteiger partial charge in [0.05, 0.1) is 0 Å². The largest absolute Gasteiger partial charge is 0.480 e. The second-order valence-corrected chi connectivity index (χ2v) is 4.40. The van der Waals surface area contributed by atoms with Crippen LogP contribution in [0.15, 0.2) is 35.5 Å². The van der Waals surface area contributed by atoms with Crippen LogP contribution in [0.25, 0.3) is 0 Å². The highest BCUT2D eigenvalue weighted by molar-refractivity contribution is 8.00. The summed E-state index contributed by atoms with van der Waals surface area (Å²) in [5.74, 6) is -0.913. The maximum atomic E-state index is 11.2. The van der Waals surface area contributed by atoms with Gasteiger partial charge in [-0.3, -0.25) is 4.79 Å². The third-order valence-corrected chi connectivity index (χ3v) is 3.40. The topological polar surface area (TPSA) is 80.9 Å². The predicted molar refractivity (Wildman–Crippen MR) is 61.5 cm³/mol.